The molecule has 1 spiro atoms. The van der Waals surface area contributed by atoms with Crippen LogP contribution in [0.2, 0.25) is 0 Å². The molecule has 0 saturated carbocycles. The minimum absolute atomic E-state index is 0.0825. The number of fused-ring (bicyclic) bond motifs is 1. The maximum Gasteiger partial charge on any atom is 0.225 e. The van der Waals surface area contributed by atoms with E-state index in [1.807, 2.05) is 47.0 Å². The van der Waals surface area contributed by atoms with E-state index in [0.717, 1.165) is 91.4 Å². The van der Waals surface area contributed by atoms with Crippen molar-refractivity contribution in [3.8, 4) is 22.8 Å². The van der Waals surface area contributed by atoms with E-state index in [1.54, 1.807) is 24.5 Å². The minimum Gasteiger partial charge on any atom is -0.380 e. The van der Waals surface area contributed by atoms with Gasteiger partial charge in [0, 0.05) is 25.8 Å². The van der Waals surface area contributed by atoms with Crippen LogP contribution in [0, 0.1) is 11.2 Å². The summed E-state index contributed by atoms with van der Waals surface area (Å²) in [7, 11) is 0. The van der Waals surface area contributed by atoms with Crippen LogP contribution >= 0.6 is 0 Å². The topological polar surface area (TPSA) is 84.6 Å². The Morgan fingerprint density at radius 2 is 1.75 bits per heavy atom. The van der Waals surface area contributed by atoms with Gasteiger partial charge < -0.3 is 14.5 Å². The molecule has 3 aliphatic heterocycles. The summed E-state index contributed by atoms with van der Waals surface area (Å²) in [5, 5.41) is 4.98. The molecule has 5 aromatic rings. The van der Waals surface area contributed by atoms with Crippen LogP contribution in [0.5, 0.6) is 0 Å². The van der Waals surface area contributed by atoms with Gasteiger partial charge in [0.05, 0.1) is 47.9 Å². The van der Waals surface area contributed by atoms with Gasteiger partial charge in [-0.1, -0.05) is 18.2 Å². The summed E-state index contributed by atoms with van der Waals surface area (Å²) in [4.78, 5) is 23.3. The lowest BCUT2D eigenvalue weighted by molar-refractivity contribution is -0.127. The normalized spacial score (nSPS) is 19.7. The highest BCUT2D eigenvalue weighted by Crippen LogP contribution is 2.39. The van der Waals surface area contributed by atoms with Crippen molar-refractivity contribution in [1.82, 2.24) is 29.5 Å². The summed E-state index contributed by atoms with van der Waals surface area (Å²) in [5.74, 6) is 1.34. The second kappa shape index (κ2) is 9.06. The monoisotopic (exact) mass is 534 g/mol. The molecule has 3 saturated heterocycles. The van der Waals surface area contributed by atoms with Gasteiger partial charge in [0.15, 0.2) is 5.65 Å². The molecule has 0 amide bonds. The third kappa shape index (κ3) is 3.90. The molecule has 200 valence electrons. The largest absolute Gasteiger partial charge is 0.380 e. The third-order valence-electron chi connectivity index (χ3n) is 8.20. The molecule has 1 aromatic carbocycles. The van der Waals surface area contributed by atoms with Crippen LogP contribution in [0.4, 0.5) is 16.2 Å². The van der Waals surface area contributed by atoms with Crippen LogP contribution in [0.15, 0.2) is 73.1 Å². The van der Waals surface area contributed by atoms with Crippen molar-refractivity contribution < 1.29 is 9.13 Å². The zero-order valence-electron chi connectivity index (χ0n) is 21.8. The van der Waals surface area contributed by atoms with E-state index in [1.165, 1.54) is 6.07 Å². The number of rotatable bonds is 5. The molecule has 3 fully saturated rings. The van der Waals surface area contributed by atoms with Crippen molar-refractivity contribution in [2.75, 3.05) is 42.6 Å². The van der Waals surface area contributed by atoms with Gasteiger partial charge in [-0.15, -0.1) is 5.10 Å². The molecule has 40 heavy (non-hydrogen) atoms. The Balaban J connectivity index is 1.10. The maximum atomic E-state index is 14.0. The molecule has 0 aliphatic carbocycles. The lowest BCUT2D eigenvalue weighted by Gasteiger charge is -2.54. The van der Waals surface area contributed by atoms with Gasteiger partial charge in [0.25, 0.3) is 0 Å². The van der Waals surface area contributed by atoms with Crippen molar-refractivity contribution in [2.24, 2.45) is 5.41 Å². The molecular formula is C30H27FN8O. The Kier molecular flexibility index (Phi) is 5.31. The quantitative estimate of drug-likeness (QED) is 0.324. The number of ether oxygens (including phenoxy) is 1. The number of hydrogen-bond donors (Lipinski definition) is 0. The van der Waals surface area contributed by atoms with Crippen molar-refractivity contribution in [3.63, 3.8) is 0 Å². The number of halogens is 1. The summed E-state index contributed by atoms with van der Waals surface area (Å²) in [5.41, 5.74) is 5.09. The molecule has 8 rings (SSSR count). The van der Waals surface area contributed by atoms with Crippen molar-refractivity contribution in [1.29, 1.82) is 0 Å². The van der Waals surface area contributed by atoms with Gasteiger partial charge in [-0.2, -0.15) is 0 Å². The summed E-state index contributed by atoms with van der Waals surface area (Å²) >= 11 is 0. The molecule has 9 nitrogen and oxygen atoms in total. The lowest BCUT2D eigenvalue weighted by Crippen LogP contribution is -2.66. The van der Waals surface area contributed by atoms with E-state index in [9.17, 15) is 4.39 Å². The second-order valence-electron chi connectivity index (χ2n) is 11.0. The number of imidazole rings is 1. The third-order valence-corrected chi connectivity index (χ3v) is 8.20. The Bertz CT molecular complexity index is 1730. The number of anilines is 2. The van der Waals surface area contributed by atoms with E-state index >= 15 is 0 Å². The molecular weight excluding hydrogens is 507 g/mol. The van der Waals surface area contributed by atoms with Crippen LogP contribution in [-0.4, -0.2) is 62.4 Å². The van der Waals surface area contributed by atoms with Gasteiger partial charge >= 0.3 is 0 Å². The summed E-state index contributed by atoms with van der Waals surface area (Å²) in [6.45, 7) is 4.36. The van der Waals surface area contributed by atoms with Crippen molar-refractivity contribution >= 4 is 17.4 Å². The highest BCUT2D eigenvalue weighted by Gasteiger charge is 2.49. The first kappa shape index (κ1) is 23.4. The first-order valence-electron chi connectivity index (χ1n) is 13.6. The van der Waals surface area contributed by atoms with Crippen LogP contribution in [0.1, 0.15) is 24.4 Å². The SMILES string of the molecule is Fc1cccc(C2CCCN2c2ccc3ncc(-c4cccc(-c5ccnc(N6CC7(COC7)C6)n5)n4)n3n2)c1. The van der Waals surface area contributed by atoms with Crippen LogP contribution in [0.3, 0.4) is 0 Å². The minimum atomic E-state index is -0.215. The van der Waals surface area contributed by atoms with E-state index in [4.69, 9.17) is 19.8 Å². The van der Waals surface area contributed by atoms with Gasteiger partial charge in [-0.3, -0.25) is 0 Å². The average Bonchev–Trinajstić information content (AvgIpc) is 3.59. The average molecular weight is 535 g/mol. The zero-order valence-corrected chi connectivity index (χ0v) is 21.8. The standard InChI is InChI=1S/C30H27FN8O/c31-21-5-1-4-20(14-21)25-8-3-13-38(25)28-10-9-27-33-15-26(39(27)36-28)24-7-2-6-22(34-24)23-11-12-32-29(35-23)37-16-30(17-37)18-40-19-30/h1-2,4-7,9-12,14-15,25H,3,8,13,16-19H2. The van der Waals surface area contributed by atoms with E-state index < -0.39 is 0 Å². The van der Waals surface area contributed by atoms with E-state index in [2.05, 4.69) is 19.8 Å². The molecule has 1 unspecified atom stereocenters. The smallest absolute Gasteiger partial charge is 0.225 e. The van der Waals surface area contributed by atoms with Gasteiger partial charge in [0.1, 0.15) is 17.3 Å². The second-order valence-corrected chi connectivity index (χ2v) is 11.0. The zero-order chi connectivity index (χ0) is 26.7. The predicted molar refractivity (Wildman–Crippen MR) is 148 cm³/mol. The number of hydrogen-bond acceptors (Lipinski definition) is 8. The fraction of sp³-hybridized carbons (Fsp3) is 0.300. The fourth-order valence-corrected chi connectivity index (χ4v) is 6.13. The Hall–Kier alpha value is -4.44. The molecule has 10 heteroatoms. The number of pyridine rings is 1. The molecule has 3 aliphatic rings. The number of aromatic nitrogens is 6. The van der Waals surface area contributed by atoms with Gasteiger partial charge in [-0.05, 0) is 60.9 Å². The predicted octanol–water partition coefficient (Wildman–Crippen LogP) is 4.57. The Morgan fingerprint density at radius 1 is 0.900 bits per heavy atom. The maximum absolute atomic E-state index is 14.0. The fourth-order valence-electron chi connectivity index (χ4n) is 6.13. The summed E-state index contributed by atoms with van der Waals surface area (Å²) < 4.78 is 21.2. The molecule has 0 N–H and O–H groups in total. The highest BCUT2D eigenvalue weighted by molar-refractivity contribution is 5.65. The molecule has 0 radical (unpaired) electrons. The number of benzene rings is 1. The van der Waals surface area contributed by atoms with Gasteiger partial charge in [0.2, 0.25) is 5.95 Å². The summed E-state index contributed by atoms with van der Waals surface area (Å²) in [6, 6.07) is 18.7. The van der Waals surface area contributed by atoms with Crippen LogP contribution in [-0.2, 0) is 4.74 Å². The first-order valence-corrected chi connectivity index (χ1v) is 13.6. The first-order chi connectivity index (χ1) is 19.6. The highest BCUT2D eigenvalue weighted by atomic mass is 19.1. The van der Waals surface area contributed by atoms with Gasteiger partial charge in [-0.25, -0.2) is 28.8 Å². The van der Waals surface area contributed by atoms with E-state index in [-0.39, 0.29) is 11.9 Å². The van der Waals surface area contributed by atoms with E-state index in [0.29, 0.717) is 5.41 Å². The Morgan fingerprint density at radius 3 is 2.60 bits per heavy atom. The van der Waals surface area contributed by atoms with Crippen LogP contribution < -0.4 is 9.80 Å². The lowest BCUT2D eigenvalue weighted by atomic mass is 9.78. The molecule has 1 atom stereocenters. The molecule has 7 heterocycles. The number of nitrogens with zero attached hydrogens (tertiary/aromatic N) is 8. The van der Waals surface area contributed by atoms with Crippen molar-refractivity contribution in [2.45, 2.75) is 18.9 Å². The summed E-state index contributed by atoms with van der Waals surface area (Å²) in [6.07, 6.45) is 5.57. The Labute approximate surface area is 230 Å². The van der Waals surface area contributed by atoms with Crippen molar-refractivity contribution in [3.05, 3.63) is 84.4 Å². The van der Waals surface area contributed by atoms with Crippen LogP contribution in [0.25, 0.3) is 28.4 Å². The molecule has 0 bridgehead atoms. The molecule has 4 aromatic heterocycles.